The molecule has 0 radical (unpaired) electrons. The summed E-state index contributed by atoms with van der Waals surface area (Å²) in [5.74, 6) is 0. The number of nitrogens with zero attached hydrogens (tertiary/aromatic N) is 1. The van der Waals surface area contributed by atoms with E-state index in [9.17, 15) is 4.79 Å². The van der Waals surface area contributed by atoms with Gasteiger partial charge in [0, 0.05) is 10.5 Å². The van der Waals surface area contributed by atoms with Gasteiger partial charge in [0.1, 0.15) is 6.29 Å². The number of carbonyl (C=O) groups is 1. The van der Waals surface area contributed by atoms with Crippen molar-refractivity contribution in [2.75, 3.05) is 0 Å². The summed E-state index contributed by atoms with van der Waals surface area (Å²) in [6, 6.07) is 14.0. The van der Waals surface area contributed by atoms with Gasteiger partial charge in [0.25, 0.3) is 0 Å². The van der Waals surface area contributed by atoms with E-state index in [1.807, 2.05) is 43.3 Å². The molecule has 0 fully saturated rings. The average Bonchev–Trinajstić information content (AvgIpc) is 2.81. The van der Waals surface area contributed by atoms with Gasteiger partial charge in [-0.3, -0.25) is 4.79 Å². The van der Waals surface area contributed by atoms with Crippen molar-refractivity contribution in [1.29, 1.82) is 0 Å². The highest BCUT2D eigenvalue weighted by molar-refractivity contribution is 8.01. The smallest absolute Gasteiger partial charge is 0.155 e. The average molecular weight is 285 g/mol. The predicted molar refractivity (Wildman–Crippen MR) is 80.3 cm³/mol. The van der Waals surface area contributed by atoms with Gasteiger partial charge < -0.3 is 0 Å². The summed E-state index contributed by atoms with van der Waals surface area (Å²) in [7, 11) is 0. The fourth-order valence-corrected chi connectivity index (χ4v) is 3.98. The molecule has 2 nitrogen and oxygen atoms in total. The first-order valence-corrected chi connectivity index (χ1v) is 7.49. The molecule has 0 N–H and O–H groups in total. The Morgan fingerprint density at radius 3 is 2.79 bits per heavy atom. The number of fused-ring (bicyclic) bond motifs is 1. The molecule has 1 heterocycles. The van der Waals surface area contributed by atoms with E-state index in [0.29, 0.717) is 0 Å². The van der Waals surface area contributed by atoms with Gasteiger partial charge in [0.15, 0.2) is 4.34 Å². The van der Waals surface area contributed by atoms with E-state index in [0.717, 1.165) is 32.2 Å². The highest BCUT2D eigenvalue weighted by atomic mass is 32.2. The van der Waals surface area contributed by atoms with E-state index in [1.54, 1.807) is 23.1 Å². The lowest BCUT2D eigenvalue weighted by Gasteiger charge is -2.01. The lowest BCUT2D eigenvalue weighted by Crippen LogP contribution is -1.85. The quantitative estimate of drug-likeness (QED) is 0.660. The third-order valence-corrected chi connectivity index (χ3v) is 4.93. The van der Waals surface area contributed by atoms with Gasteiger partial charge in [-0.15, -0.1) is 11.3 Å². The van der Waals surface area contributed by atoms with Crippen molar-refractivity contribution in [3.05, 3.63) is 53.6 Å². The van der Waals surface area contributed by atoms with Gasteiger partial charge in [0.05, 0.1) is 10.2 Å². The third-order valence-electron chi connectivity index (χ3n) is 2.85. The van der Waals surface area contributed by atoms with Gasteiger partial charge in [-0.2, -0.15) is 0 Å². The van der Waals surface area contributed by atoms with Crippen LogP contribution in [0.2, 0.25) is 0 Å². The minimum Gasteiger partial charge on any atom is -0.298 e. The molecule has 1 aromatic heterocycles. The van der Waals surface area contributed by atoms with Crippen molar-refractivity contribution in [1.82, 2.24) is 4.98 Å². The van der Waals surface area contributed by atoms with Crippen molar-refractivity contribution in [2.45, 2.75) is 16.2 Å². The normalized spacial score (nSPS) is 10.8. The number of carbonyl (C=O) groups excluding carboxylic acids is 1. The van der Waals surface area contributed by atoms with Gasteiger partial charge in [-0.25, -0.2) is 4.98 Å². The molecule has 4 heteroatoms. The Balaban J connectivity index is 1.92. The highest BCUT2D eigenvalue weighted by Crippen LogP contribution is 2.34. The number of hydrogen-bond donors (Lipinski definition) is 0. The SMILES string of the molecule is Cc1cc(Sc2nc3ccccc3s2)ccc1C=O. The van der Waals surface area contributed by atoms with E-state index >= 15 is 0 Å². The van der Waals surface area contributed by atoms with Crippen LogP contribution in [0, 0.1) is 6.92 Å². The zero-order chi connectivity index (χ0) is 13.2. The van der Waals surface area contributed by atoms with E-state index in [-0.39, 0.29) is 0 Å². The molecule has 0 aliphatic rings. The molecule has 0 aliphatic carbocycles. The first-order valence-electron chi connectivity index (χ1n) is 5.85. The van der Waals surface area contributed by atoms with Gasteiger partial charge in [-0.1, -0.05) is 30.0 Å². The summed E-state index contributed by atoms with van der Waals surface area (Å²) in [6.07, 6.45) is 0.890. The zero-order valence-corrected chi connectivity index (χ0v) is 11.9. The predicted octanol–water partition coefficient (Wildman–Crippen LogP) is 4.57. The van der Waals surface area contributed by atoms with Crippen LogP contribution in [0.1, 0.15) is 15.9 Å². The standard InChI is InChI=1S/C15H11NOS2/c1-10-8-12(7-6-11(10)9-17)18-15-16-13-4-2-3-5-14(13)19-15/h2-9H,1H3. The van der Waals surface area contributed by atoms with Crippen LogP contribution in [0.15, 0.2) is 51.7 Å². The fourth-order valence-electron chi connectivity index (χ4n) is 1.84. The van der Waals surface area contributed by atoms with Crippen molar-refractivity contribution in [2.24, 2.45) is 0 Å². The van der Waals surface area contributed by atoms with Crippen LogP contribution in [-0.2, 0) is 0 Å². The van der Waals surface area contributed by atoms with Gasteiger partial charge in [0.2, 0.25) is 0 Å². The number of aldehydes is 1. The molecule has 0 bridgehead atoms. The second-order valence-corrected chi connectivity index (χ2v) is 6.54. The van der Waals surface area contributed by atoms with Crippen LogP contribution in [0.25, 0.3) is 10.2 Å². The first-order chi connectivity index (χ1) is 9.26. The lowest BCUT2D eigenvalue weighted by molar-refractivity contribution is 0.112. The van der Waals surface area contributed by atoms with Crippen LogP contribution in [0.5, 0.6) is 0 Å². The minimum atomic E-state index is 0.744. The molecule has 0 amide bonds. The van der Waals surface area contributed by atoms with Gasteiger partial charge in [-0.05, 0) is 36.8 Å². The maximum atomic E-state index is 10.8. The molecule has 94 valence electrons. The fraction of sp³-hybridized carbons (Fsp3) is 0.0667. The van der Waals surface area contributed by atoms with Crippen molar-refractivity contribution in [3.8, 4) is 0 Å². The number of para-hydroxylation sites is 1. The van der Waals surface area contributed by atoms with Crippen LogP contribution < -0.4 is 0 Å². The number of hydrogen-bond acceptors (Lipinski definition) is 4. The molecule has 3 rings (SSSR count). The first kappa shape index (κ1) is 12.4. The van der Waals surface area contributed by atoms with E-state index in [1.165, 1.54) is 4.70 Å². The molecule has 0 saturated carbocycles. The monoisotopic (exact) mass is 285 g/mol. The van der Waals surface area contributed by atoms with Crippen molar-refractivity contribution < 1.29 is 4.79 Å². The molecular formula is C15H11NOS2. The summed E-state index contributed by atoms with van der Waals surface area (Å²) in [4.78, 5) is 16.5. The number of thiazole rings is 1. The molecule has 0 aliphatic heterocycles. The van der Waals surface area contributed by atoms with Crippen molar-refractivity contribution >= 4 is 39.6 Å². The molecule has 0 atom stereocenters. The van der Waals surface area contributed by atoms with Crippen LogP contribution in [-0.4, -0.2) is 11.3 Å². The number of aryl methyl sites for hydroxylation is 1. The lowest BCUT2D eigenvalue weighted by atomic mass is 10.1. The molecule has 2 aromatic carbocycles. The summed E-state index contributed by atoms with van der Waals surface area (Å²) < 4.78 is 2.23. The zero-order valence-electron chi connectivity index (χ0n) is 10.3. The summed E-state index contributed by atoms with van der Waals surface area (Å²) in [5, 5.41) is 0. The number of aromatic nitrogens is 1. The van der Waals surface area contributed by atoms with Crippen LogP contribution in [0.4, 0.5) is 0 Å². The Hall–Kier alpha value is -1.65. The molecule has 0 unspecified atom stereocenters. The van der Waals surface area contributed by atoms with Gasteiger partial charge >= 0.3 is 0 Å². The summed E-state index contributed by atoms with van der Waals surface area (Å²) >= 11 is 3.33. The Kier molecular flexibility index (Phi) is 3.36. The second-order valence-electron chi connectivity index (χ2n) is 4.19. The van der Waals surface area contributed by atoms with E-state index < -0.39 is 0 Å². The maximum absolute atomic E-state index is 10.8. The largest absolute Gasteiger partial charge is 0.298 e. The Morgan fingerprint density at radius 1 is 1.21 bits per heavy atom. The molecule has 0 spiro atoms. The van der Waals surface area contributed by atoms with Crippen LogP contribution in [0.3, 0.4) is 0 Å². The minimum absolute atomic E-state index is 0.744. The Morgan fingerprint density at radius 2 is 2.05 bits per heavy atom. The molecule has 0 saturated heterocycles. The molecule has 19 heavy (non-hydrogen) atoms. The van der Waals surface area contributed by atoms with E-state index in [2.05, 4.69) is 11.1 Å². The highest BCUT2D eigenvalue weighted by Gasteiger charge is 2.06. The number of benzene rings is 2. The number of rotatable bonds is 3. The van der Waals surface area contributed by atoms with Crippen LogP contribution >= 0.6 is 23.1 Å². The molecule has 3 aromatic rings. The Labute approximate surface area is 119 Å². The summed E-state index contributed by atoms with van der Waals surface area (Å²) in [5.41, 5.74) is 2.78. The third kappa shape index (κ3) is 2.55. The second kappa shape index (κ2) is 5.15. The summed E-state index contributed by atoms with van der Waals surface area (Å²) in [6.45, 7) is 1.95. The topological polar surface area (TPSA) is 30.0 Å². The van der Waals surface area contributed by atoms with E-state index in [4.69, 9.17) is 0 Å². The van der Waals surface area contributed by atoms with Crippen molar-refractivity contribution in [3.63, 3.8) is 0 Å². The Bertz CT molecular complexity index is 716. The molecular weight excluding hydrogens is 274 g/mol. The maximum Gasteiger partial charge on any atom is 0.155 e.